The predicted octanol–water partition coefficient (Wildman–Crippen LogP) is 3.94. The summed E-state index contributed by atoms with van der Waals surface area (Å²) in [7, 11) is 1.78. The van der Waals surface area contributed by atoms with Crippen LogP contribution in [0.2, 0.25) is 0 Å². The lowest BCUT2D eigenvalue weighted by Crippen LogP contribution is -2.43. The van der Waals surface area contributed by atoms with E-state index in [1.807, 2.05) is 32.9 Å². The SMILES string of the molecule is CCCC(C)(C)OC(=O)N(C)C1SC(c2cccnc2)=NC1C. The molecule has 2 rings (SSSR count). The highest BCUT2D eigenvalue weighted by Gasteiger charge is 2.35. The number of pyridine rings is 1. The van der Waals surface area contributed by atoms with Crippen LogP contribution in [0.1, 0.15) is 46.1 Å². The van der Waals surface area contributed by atoms with E-state index in [-0.39, 0.29) is 17.5 Å². The molecule has 0 spiro atoms. The normalized spacial score (nSPS) is 21.0. The molecule has 0 saturated heterocycles. The quantitative estimate of drug-likeness (QED) is 0.818. The van der Waals surface area contributed by atoms with Gasteiger partial charge in [0.15, 0.2) is 0 Å². The number of aliphatic imine (C=N–C) groups is 1. The van der Waals surface area contributed by atoms with Crippen molar-refractivity contribution in [3.63, 3.8) is 0 Å². The van der Waals surface area contributed by atoms with E-state index in [0.717, 1.165) is 23.4 Å². The van der Waals surface area contributed by atoms with Gasteiger partial charge in [0, 0.05) is 25.0 Å². The molecule has 0 aliphatic carbocycles. The van der Waals surface area contributed by atoms with E-state index in [1.165, 1.54) is 0 Å². The second kappa shape index (κ2) is 7.34. The molecule has 23 heavy (non-hydrogen) atoms. The number of nitrogens with zero attached hydrogens (tertiary/aromatic N) is 3. The Labute approximate surface area is 142 Å². The van der Waals surface area contributed by atoms with Gasteiger partial charge in [-0.2, -0.15) is 0 Å². The largest absolute Gasteiger partial charge is 0.443 e. The molecule has 1 aliphatic rings. The number of carbonyl (C=O) groups is 1. The lowest BCUT2D eigenvalue weighted by atomic mass is 10.0. The van der Waals surface area contributed by atoms with E-state index < -0.39 is 5.60 Å². The third kappa shape index (κ3) is 4.47. The average Bonchev–Trinajstić information content (AvgIpc) is 2.88. The van der Waals surface area contributed by atoms with Crippen LogP contribution in [0.5, 0.6) is 0 Å². The van der Waals surface area contributed by atoms with Gasteiger partial charge in [-0.25, -0.2) is 4.79 Å². The van der Waals surface area contributed by atoms with Crippen molar-refractivity contribution in [3.8, 4) is 0 Å². The summed E-state index contributed by atoms with van der Waals surface area (Å²) >= 11 is 1.58. The summed E-state index contributed by atoms with van der Waals surface area (Å²) in [4.78, 5) is 22.9. The minimum Gasteiger partial charge on any atom is -0.443 e. The summed E-state index contributed by atoms with van der Waals surface area (Å²) in [6, 6.07) is 3.89. The van der Waals surface area contributed by atoms with Gasteiger partial charge in [-0.1, -0.05) is 25.1 Å². The number of thioether (sulfide) groups is 1. The van der Waals surface area contributed by atoms with Gasteiger partial charge in [0.1, 0.15) is 16.0 Å². The standard InChI is InChI=1S/C17H25N3O2S/c1-6-9-17(3,4)22-16(21)20(5)15-12(2)19-14(23-15)13-8-7-10-18-11-13/h7-8,10-12,15H,6,9H2,1-5H3. The third-order valence-electron chi connectivity index (χ3n) is 3.76. The van der Waals surface area contributed by atoms with Gasteiger partial charge in [-0.05, 0) is 39.3 Å². The van der Waals surface area contributed by atoms with Crippen molar-refractivity contribution >= 4 is 22.9 Å². The first kappa shape index (κ1) is 17.8. The second-order valence-corrected chi connectivity index (χ2v) is 7.52. The monoisotopic (exact) mass is 335 g/mol. The number of aromatic nitrogens is 1. The molecule has 2 heterocycles. The van der Waals surface area contributed by atoms with Crippen LogP contribution in [0.15, 0.2) is 29.5 Å². The van der Waals surface area contributed by atoms with Crippen LogP contribution >= 0.6 is 11.8 Å². The van der Waals surface area contributed by atoms with Crippen molar-refractivity contribution in [1.82, 2.24) is 9.88 Å². The van der Waals surface area contributed by atoms with Gasteiger partial charge in [-0.3, -0.25) is 14.9 Å². The van der Waals surface area contributed by atoms with Crippen LogP contribution in [0.4, 0.5) is 4.79 Å². The topological polar surface area (TPSA) is 54.8 Å². The van der Waals surface area contributed by atoms with Crippen molar-refractivity contribution in [2.24, 2.45) is 4.99 Å². The van der Waals surface area contributed by atoms with Gasteiger partial charge in [-0.15, -0.1) is 0 Å². The Morgan fingerprint density at radius 3 is 2.83 bits per heavy atom. The van der Waals surface area contributed by atoms with Crippen molar-refractivity contribution in [2.75, 3.05) is 7.05 Å². The molecule has 0 N–H and O–H groups in total. The molecule has 0 fully saturated rings. The number of amides is 1. The average molecular weight is 335 g/mol. The van der Waals surface area contributed by atoms with E-state index in [1.54, 1.807) is 36.1 Å². The molecule has 0 bridgehead atoms. The molecule has 1 aromatic rings. The molecule has 2 atom stereocenters. The molecule has 1 aliphatic heterocycles. The molecule has 5 nitrogen and oxygen atoms in total. The van der Waals surface area contributed by atoms with Crippen molar-refractivity contribution < 1.29 is 9.53 Å². The summed E-state index contributed by atoms with van der Waals surface area (Å²) in [6.45, 7) is 8.00. The summed E-state index contributed by atoms with van der Waals surface area (Å²) in [6.07, 6.45) is 5.06. The summed E-state index contributed by atoms with van der Waals surface area (Å²) in [5.74, 6) is 0. The first-order valence-electron chi connectivity index (χ1n) is 7.94. The maximum absolute atomic E-state index is 12.4. The van der Waals surface area contributed by atoms with Crippen molar-refractivity contribution in [1.29, 1.82) is 0 Å². The smallest absolute Gasteiger partial charge is 0.411 e. The number of hydrogen-bond donors (Lipinski definition) is 0. The van der Waals surface area contributed by atoms with E-state index in [0.29, 0.717) is 0 Å². The molecule has 1 aromatic heterocycles. The molecular formula is C17H25N3O2S. The minimum atomic E-state index is -0.445. The Bertz CT molecular complexity index is 574. The predicted molar refractivity (Wildman–Crippen MR) is 94.8 cm³/mol. The Kier molecular flexibility index (Phi) is 5.68. The third-order valence-corrected chi connectivity index (χ3v) is 5.28. The first-order chi connectivity index (χ1) is 10.8. The highest BCUT2D eigenvalue weighted by atomic mass is 32.2. The molecule has 6 heteroatoms. The fourth-order valence-electron chi connectivity index (χ4n) is 2.59. The molecule has 1 amide bonds. The number of rotatable bonds is 5. The van der Waals surface area contributed by atoms with Crippen LogP contribution in [-0.4, -0.2) is 45.1 Å². The van der Waals surface area contributed by atoms with E-state index in [2.05, 4.69) is 16.9 Å². The summed E-state index contributed by atoms with van der Waals surface area (Å²) in [5.41, 5.74) is 0.541. The fourth-order valence-corrected chi connectivity index (χ4v) is 3.81. The number of ether oxygens (including phenoxy) is 1. The molecule has 0 aromatic carbocycles. The van der Waals surface area contributed by atoms with E-state index in [9.17, 15) is 4.79 Å². The van der Waals surface area contributed by atoms with Crippen LogP contribution in [0, 0.1) is 0 Å². The fraction of sp³-hybridized carbons (Fsp3) is 0.588. The molecule has 126 valence electrons. The minimum absolute atomic E-state index is 0.0158. The molecular weight excluding hydrogens is 310 g/mol. The number of likely N-dealkylation sites (N-methyl/N-ethyl adjacent to an activating group) is 1. The van der Waals surface area contributed by atoms with Crippen molar-refractivity contribution in [2.45, 2.75) is 57.6 Å². The van der Waals surface area contributed by atoms with E-state index >= 15 is 0 Å². The van der Waals surface area contributed by atoms with Gasteiger partial charge in [0.25, 0.3) is 0 Å². The van der Waals surface area contributed by atoms with Crippen LogP contribution < -0.4 is 0 Å². The maximum Gasteiger partial charge on any atom is 0.411 e. The zero-order chi connectivity index (χ0) is 17.0. The lowest BCUT2D eigenvalue weighted by Gasteiger charge is -2.31. The lowest BCUT2D eigenvalue weighted by molar-refractivity contribution is 0.0100. The zero-order valence-electron chi connectivity index (χ0n) is 14.4. The number of carbonyl (C=O) groups excluding carboxylic acids is 1. The first-order valence-corrected chi connectivity index (χ1v) is 8.82. The summed E-state index contributed by atoms with van der Waals surface area (Å²) < 4.78 is 5.65. The highest BCUT2D eigenvalue weighted by molar-refractivity contribution is 8.15. The second-order valence-electron chi connectivity index (χ2n) is 6.41. The Balaban J connectivity index is 2.01. The molecule has 2 unspecified atom stereocenters. The van der Waals surface area contributed by atoms with Gasteiger partial charge in [0.05, 0.1) is 6.04 Å². The van der Waals surface area contributed by atoms with Crippen molar-refractivity contribution in [3.05, 3.63) is 30.1 Å². The Hall–Kier alpha value is -1.56. The van der Waals surface area contributed by atoms with Gasteiger partial charge in [0.2, 0.25) is 0 Å². The number of hydrogen-bond acceptors (Lipinski definition) is 5. The highest BCUT2D eigenvalue weighted by Crippen LogP contribution is 2.32. The molecule has 0 saturated carbocycles. The molecule has 0 radical (unpaired) electrons. The van der Waals surface area contributed by atoms with E-state index in [4.69, 9.17) is 4.74 Å². The Morgan fingerprint density at radius 2 is 2.22 bits per heavy atom. The van der Waals surface area contributed by atoms with Crippen LogP contribution in [0.25, 0.3) is 0 Å². The zero-order valence-corrected chi connectivity index (χ0v) is 15.3. The maximum atomic E-state index is 12.4. The van der Waals surface area contributed by atoms with Gasteiger partial charge >= 0.3 is 6.09 Å². The van der Waals surface area contributed by atoms with Gasteiger partial charge < -0.3 is 4.74 Å². The Morgan fingerprint density at radius 1 is 1.48 bits per heavy atom. The van der Waals surface area contributed by atoms with Crippen LogP contribution in [-0.2, 0) is 4.74 Å². The summed E-state index contributed by atoms with van der Waals surface area (Å²) in [5, 5.41) is 0.859. The van der Waals surface area contributed by atoms with Crippen LogP contribution in [0.3, 0.4) is 0 Å².